The first-order valence-corrected chi connectivity index (χ1v) is 9.03. The molecule has 140 valence electrons. The van der Waals surface area contributed by atoms with E-state index < -0.39 is 0 Å². The second-order valence-electron chi connectivity index (χ2n) is 7.33. The van der Waals surface area contributed by atoms with Crippen molar-refractivity contribution in [2.75, 3.05) is 23.3 Å². The average molecular weight is 387 g/mol. The summed E-state index contributed by atoms with van der Waals surface area (Å²) in [4.78, 5) is 19.1. The third kappa shape index (κ3) is 4.99. The van der Waals surface area contributed by atoms with E-state index in [9.17, 15) is 4.79 Å². The molecule has 3 saturated heterocycles. The van der Waals surface area contributed by atoms with Gasteiger partial charge in [-0.25, -0.2) is 4.98 Å². The largest absolute Gasteiger partial charge is 0.357 e. The molecular formula is C18H28Cl2N4O. The van der Waals surface area contributed by atoms with Crippen molar-refractivity contribution >= 4 is 42.2 Å². The zero-order valence-electron chi connectivity index (χ0n) is 14.4. The molecule has 0 radical (unpaired) electrons. The molecule has 1 amide bonds. The zero-order chi connectivity index (χ0) is 15.6. The quantitative estimate of drug-likeness (QED) is 0.832. The Kier molecular flexibility index (Phi) is 7.35. The number of nitrogens with one attached hydrogen (secondary N) is 2. The van der Waals surface area contributed by atoms with Crippen molar-refractivity contribution in [2.24, 2.45) is 5.92 Å². The van der Waals surface area contributed by atoms with Crippen molar-refractivity contribution in [3.05, 3.63) is 18.3 Å². The molecule has 1 aromatic heterocycles. The monoisotopic (exact) mass is 386 g/mol. The van der Waals surface area contributed by atoms with Crippen molar-refractivity contribution in [2.45, 2.75) is 57.0 Å². The lowest BCUT2D eigenvalue weighted by Crippen LogP contribution is -2.39. The third-order valence-corrected chi connectivity index (χ3v) is 5.51. The Morgan fingerprint density at radius 2 is 1.84 bits per heavy atom. The summed E-state index contributed by atoms with van der Waals surface area (Å²) < 4.78 is 0. The summed E-state index contributed by atoms with van der Waals surface area (Å²) in [7, 11) is 0. The molecule has 4 heterocycles. The van der Waals surface area contributed by atoms with Gasteiger partial charge in [0.1, 0.15) is 5.82 Å². The van der Waals surface area contributed by atoms with Crippen LogP contribution >= 0.6 is 24.8 Å². The number of rotatable bonds is 4. The molecule has 7 heteroatoms. The number of carbonyl (C=O) groups is 1. The maximum Gasteiger partial charge on any atom is 0.224 e. The predicted octanol–water partition coefficient (Wildman–Crippen LogP) is 3.38. The van der Waals surface area contributed by atoms with Gasteiger partial charge in [0.05, 0.1) is 11.9 Å². The number of anilines is 2. The number of pyridine rings is 1. The Hall–Kier alpha value is -1.04. The number of nitrogens with zero attached hydrogens (tertiary/aromatic N) is 2. The normalized spacial score (nSPS) is 27.4. The van der Waals surface area contributed by atoms with Crippen molar-refractivity contribution < 1.29 is 4.79 Å². The molecule has 2 N–H and O–H groups in total. The van der Waals surface area contributed by atoms with Gasteiger partial charge in [-0.1, -0.05) is 0 Å². The lowest BCUT2D eigenvalue weighted by Gasteiger charge is -2.28. The number of piperidine rings is 1. The van der Waals surface area contributed by atoms with Crippen LogP contribution in [0.2, 0.25) is 0 Å². The number of halogens is 2. The molecule has 0 spiro atoms. The molecule has 5 nitrogen and oxygen atoms in total. The van der Waals surface area contributed by atoms with Crippen LogP contribution in [0.15, 0.2) is 18.3 Å². The van der Waals surface area contributed by atoms with E-state index in [4.69, 9.17) is 0 Å². The number of hydrogen-bond acceptors (Lipinski definition) is 4. The van der Waals surface area contributed by atoms with Crippen LogP contribution in [-0.4, -0.2) is 36.1 Å². The van der Waals surface area contributed by atoms with Gasteiger partial charge in [0.25, 0.3) is 0 Å². The summed E-state index contributed by atoms with van der Waals surface area (Å²) in [5.74, 6) is 1.69. The Morgan fingerprint density at radius 1 is 1.16 bits per heavy atom. The summed E-state index contributed by atoms with van der Waals surface area (Å²) in [6.45, 7) is 2.19. The van der Waals surface area contributed by atoms with Crippen LogP contribution in [0.4, 0.5) is 11.5 Å². The average Bonchev–Trinajstić information content (AvgIpc) is 3.18. The van der Waals surface area contributed by atoms with Crippen LogP contribution in [0.5, 0.6) is 0 Å². The molecule has 2 unspecified atom stereocenters. The van der Waals surface area contributed by atoms with E-state index >= 15 is 0 Å². The van der Waals surface area contributed by atoms with Gasteiger partial charge < -0.3 is 15.5 Å². The van der Waals surface area contributed by atoms with Gasteiger partial charge >= 0.3 is 0 Å². The van der Waals surface area contributed by atoms with Crippen LogP contribution in [0, 0.1) is 5.92 Å². The molecule has 25 heavy (non-hydrogen) atoms. The van der Waals surface area contributed by atoms with Crippen molar-refractivity contribution in [3.63, 3.8) is 0 Å². The second kappa shape index (κ2) is 9.06. The fraction of sp³-hybridized carbons (Fsp3) is 0.667. The summed E-state index contributed by atoms with van der Waals surface area (Å²) in [6.07, 6.45) is 9.79. The van der Waals surface area contributed by atoms with Crippen LogP contribution < -0.4 is 15.5 Å². The highest BCUT2D eigenvalue weighted by atomic mass is 35.5. The van der Waals surface area contributed by atoms with Gasteiger partial charge in [0.15, 0.2) is 0 Å². The van der Waals surface area contributed by atoms with Crippen molar-refractivity contribution in [1.29, 1.82) is 0 Å². The maximum absolute atomic E-state index is 12.3. The number of amides is 1. The Morgan fingerprint density at radius 3 is 2.44 bits per heavy atom. The molecule has 4 rings (SSSR count). The number of carbonyl (C=O) groups excluding carboxylic acids is 1. The molecule has 0 aromatic carbocycles. The lowest BCUT2D eigenvalue weighted by atomic mass is 9.89. The highest BCUT2D eigenvalue weighted by Crippen LogP contribution is 2.32. The van der Waals surface area contributed by atoms with E-state index in [0.717, 1.165) is 37.4 Å². The highest BCUT2D eigenvalue weighted by Gasteiger charge is 2.34. The molecule has 1 aromatic rings. The Bertz CT molecular complexity index is 551. The summed E-state index contributed by atoms with van der Waals surface area (Å²) >= 11 is 0. The Labute approximate surface area is 162 Å². The van der Waals surface area contributed by atoms with E-state index in [2.05, 4.69) is 20.5 Å². The molecule has 2 bridgehead atoms. The minimum Gasteiger partial charge on any atom is -0.357 e. The smallest absolute Gasteiger partial charge is 0.224 e. The molecular weight excluding hydrogens is 359 g/mol. The zero-order valence-corrected chi connectivity index (χ0v) is 16.1. The standard InChI is InChI=1S/C18H26N4O.2ClH/c23-18(11-13-9-14-3-4-15(10-13)20-14)21-16-5-6-17(19-12-16)22-7-1-2-8-22;;/h5-6,12-15,20H,1-4,7-11H2,(H,21,23);2*1H. The number of aromatic nitrogens is 1. The van der Waals surface area contributed by atoms with Gasteiger partial charge in [-0.15, -0.1) is 24.8 Å². The Balaban J connectivity index is 0.00000113. The van der Waals surface area contributed by atoms with Crippen LogP contribution in [0.25, 0.3) is 0 Å². The fourth-order valence-corrected chi connectivity index (χ4v) is 4.41. The number of hydrogen-bond donors (Lipinski definition) is 2. The van der Waals surface area contributed by atoms with E-state index in [-0.39, 0.29) is 30.7 Å². The molecule has 3 aliphatic rings. The van der Waals surface area contributed by atoms with Gasteiger partial charge in [-0.3, -0.25) is 4.79 Å². The summed E-state index contributed by atoms with van der Waals surface area (Å²) in [5, 5.41) is 6.65. The van der Waals surface area contributed by atoms with Gasteiger partial charge in [-0.2, -0.15) is 0 Å². The molecule has 2 atom stereocenters. The van der Waals surface area contributed by atoms with E-state index in [0.29, 0.717) is 24.4 Å². The molecule has 3 fully saturated rings. The molecule has 3 aliphatic heterocycles. The first kappa shape index (κ1) is 20.3. The first-order chi connectivity index (χ1) is 11.3. The SMILES string of the molecule is Cl.Cl.O=C(CC1CC2CCC(C1)N2)Nc1ccc(N2CCCC2)nc1. The fourth-order valence-electron chi connectivity index (χ4n) is 4.41. The van der Waals surface area contributed by atoms with E-state index in [1.165, 1.54) is 25.7 Å². The van der Waals surface area contributed by atoms with Crippen LogP contribution in [-0.2, 0) is 4.79 Å². The van der Waals surface area contributed by atoms with Crippen LogP contribution in [0.1, 0.15) is 44.9 Å². The highest BCUT2D eigenvalue weighted by molar-refractivity contribution is 5.90. The number of fused-ring (bicyclic) bond motifs is 2. The van der Waals surface area contributed by atoms with Crippen molar-refractivity contribution in [1.82, 2.24) is 10.3 Å². The molecule has 0 aliphatic carbocycles. The van der Waals surface area contributed by atoms with E-state index in [1.54, 1.807) is 6.20 Å². The predicted molar refractivity (Wildman–Crippen MR) is 106 cm³/mol. The summed E-state index contributed by atoms with van der Waals surface area (Å²) in [5.41, 5.74) is 0.815. The third-order valence-electron chi connectivity index (χ3n) is 5.51. The second-order valence-corrected chi connectivity index (χ2v) is 7.33. The van der Waals surface area contributed by atoms with Gasteiger partial charge in [0, 0.05) is 31.6 Å². The maximum atomic E-state index is 12.3. The summed E-state index contributed by atoms with van der Waals surface area (Å²) in [6, 6.07) is 5.29. The van der Waals surface area contributed by atoms with Crippen molar-refractivity contribution in [3.8, 4) is 0 Å². The van der Waals surface area contributed by atoms with E-state index in [1.807, 2.05) is 12.1 Å². The van der Waals surface area contributed by atoms with Gasteiger partial charge in [-0.05, 0) is 56.6 Å². The molecule has 0 saturated carbocycles. The lowest BCUT2D eigenvalue weighted by molar-refractivity contribution is -0.117. The van der Waals surface area contributed by atoms with Gasteiger partial charge in [0.2, 0.25) is 5.91 Å². The minimum absolute atomic E-state index is 0. The topological polar surface area (TPSA) is 57.3 Å². The van der Waals surface area contributed by atoms with Crippen LogP contribution in [0.3, 0.4) is 0 Å². The minimum atomic E-state index is 0. The first-order valence-electron chi connectivity index (χ1n) is 9.03.